The van der Waals surface area contributed by atoms with Gasteiger partial charge in [0, 0.05) is 25.7 Å². The maximum Gasteiger partial charge on any atom is 0.263 e. The average molecular weight is 280 g/mol. The fourth-order valence-electron chi connectivity index (χ4n) is 2.43. The van der Waals surface area contributed by atoms with Crippen molar-refractivity contribution in [3.63, 3.8) is 0 Å². The van der Waals surface area contributed by atoms with Crippen molar-refractivity contribution in [2.75, 3.05) is 13.1 Å². The van der Waals surface area contributed by atoms with E-state index in [1.807, 2.05) is 4.90 Å². The highest BCUT2D eigenvalue weighted by molar-refractivity contribution is 5.81. The number of carbonyl (C=O) groups is 1. The van der Waals surface area contributed by atoms with Gasteiger partial charge in [-0.25, -0.2) is 4.39 Å². The number of carbonyl (C=O) groups excluding carboxylic acids is 1. The molecule has 1 aliphatic heterocycles. The van der Waals surface area contributed by atoms with Crippen molar-refractivity contribution in [1.82, 2.24) is 4.90 Å². The molecule has 110 valence electrons. The highest BCUT2D eigenvalue weighted by Gasteiger charge is 2.23. The Hall–Kier alpha value is -1.62. The van der Waals surface area contributed by atoms with Crippen LogP contribution in [0.1, 0.15) is 31.7 Å². The monoisotopic (exact) mass is 280 g/mol. The highest BCUT2D eigenvalue weighted by atomic mass is 19.1. The van der Waals surface area contributed by atoms with Crippen LogP contribution in [0.15, 0.2) is 18.2 Å². The standard InChI is InChI=1S/C15H21FN2O2/c1-11(15(19)18-5-3-2-4-6-18)20-14-8-12(10-17)7-13(16)9-14/h7-9,11H,2-6,10,17H2,1H3. The largest absolute Gasteiger partial charge is 0.481 e. The summed E-state index contributed by atoms with van der Waals surface area (Å²) < 4.78 is 19.0. The second-order valence-electron chi connectivity index (χ2n) is 5.15. The van der Waals surface area contributed by atoms with Crippen molar-refractivity contribution in [1.29, 1.82) is 0 Å². The molecule has 1 aliphatic rings. The lowest BCUT2D eigenvalue weighted by atomic mass is 10.1. The third-order valence-corrected chi connectivity index (χ3v) is 3.50. The summed E-state index contributed by atoms with van der Waals surface area (Å²) in [5.74, 6) is -0.0906. The Morgan fingerprint density at radius 2 is 2.05 bits per heavy atom. The number of amides is 1. The van der Waals surface area contributed by atoms with Gasteiger partial charge in [-0.3, -0.25) is 4.79 Å². The molecule has 2 N–H and O–H groups in total. The van der Waals surface area contributed by atoms with Crippen molar-refractivity contribution in [3.8, 4) is 5.75 Å². The minimum Gasteiger partial charge on any atom is -0.481 e. The van der Waals surface area contributed by atoms with Crippen LogP contribution >= 0.6 is 0 Å². The minimum atomic E-state index is -0.611. The molecule has 2 rings (SSSR count). The summed E-state index contributed by atoms with van der Waals surface area (Å²) in [5, 5.41) is 0. The van der Waals surface area contributed by atoms with Gasteiger partial charge in [0.1, 0.15) is 11.6 Å². The SMILES string of the molecule is CC(Oc1cc(F)cc(CN)c1)C(=O)N1CCCCC1. The minimum absolute atomic E-state index is 0.0386. The van der Waals surface area contributed by atoms with Gasteiger partial charge in [0.15, 0.2) is 6.10 Å². The molecule has 0 aromatic heterocycles. The number of hydrogen-bond donors (Lipinski definition) is 1. The van der Waals surface area contributed by atoms with Gasteiger partial charge >= 0.3 is 0 Å². The number of likely N-dealkylation sites (tertiary alicyclic amines) is 1. The first-order chi connectivity index (χ1) is 9.60. The highest BCUT2D eigenvalue weighted by Crippen LogP contribution is 2.19. The molecule has 20 heavy (non-hydrogen) atoms. The molecule has 1 aromatic carbocycles. The molecule has 1 amide bonds. The van der Waals surface area contributed by atoms with Gasteiger partial charge in [0.25, 0.3) is 5.91 Å². The third kappa shape index (κ3) is 3.70. The van der Waals surface area contributed by atoms with Crippen LogP contribution in [0.5, 0.6) is 5.75 Å². The molecule has 0 saturated carbocycles. The molecule has 5 heteroatoms. The first kappa shape index (κ1) is 14.8. The van der Waals surface area contributed by atoms with Crippen molar-refractivity contribution >= 4 is 5.91 Å². The second kappa shape index (κ2) is 6.70. The molecular formula is C15H21FN2O2. The lowest BCUT2D eigenvalue weighted by Gasteiger charge is -2.29. The van der Waals surface area contributed by atoms with Gasteiger partial charge in [-0.1, -0.05) is 0 Å². The zero-order chi connectivity index (χ0) is 14.5. The van der Waals surface area contributed by atoms with Gasteiger partial charge in [-0.15, -0.1) is 0 Å². The van der Waals surface area contributed by atoms with Crippen LogP contribution in [0.4, 0.5) is 4.39 Å². The van der Waals surface area contributed by atoms with E-state index in [0.29, 0.717) is 11.3 Å². The van der Waals surface area contributed by atoms with E-state index >= 15 is 0 Å². The molecule has 1 fully saturated rings. The van der Waals surface area contributed by atoms with Gasteiger partial charge < -0.3 is 15.4 Å². The normalized spacial score (nSPS) is 16.9. The van der Waals surface area contributed by atoms with Crippen LogP contribution in [-0.4, -0.2) is 30.0 Å². The van der Waals surface area contributed by atoms with E-state index in [1.54, 1.807) is 13.0 Å². The van der Waals surface area contributed by atoms with Crippen LogP contribution in [0.3, 0.4) is 0 Å². The molecule has 0 spiro atoms. The number of halogens is 1. The first-order valence-corrected chi connectivity index (χ1v) is 7.05. The Morgan fingerprint density at radius 1 is 1.35 bits per heavy atom. The molecule has 4 nitrogen and oxygen atoms in total. The maximum atomic E-state index is 13.4. The predicted molar refractivity (Wildman–Crippen MR) is 74.8 cm³/mol. The maximum absolute atomic E-state index is 13.4. The van der Waals surface area contributed by atoms with E-state index in [2.05, 4.69) is 0 Å². The van der Waals surface area contributed by atoms with E-state index in [-0.39, 0.29) is 12.5 Å². The zero-order valence-corrected chi connectivity index (χ0v) is 11.8. The lowest BCUT2D eigenvalue weighted by molar-refractivity contribution is -0.138. The molecule has 1 saturated heterocycles. The summed E-state index contributed by atoms with van der Waals surface area (Å²) in [6, 6.07) is 4.31. The number of ether oxygens (including phenoxy) is 1. The molecule has 0 aliphatic carbocycles. The van der Waals surface area contributed by atoms with Gasteiger partial charge in [0.05, 0.1) is 0 Å². The molecule has 1 atom stereocenters. The molecule has 0 bridgehead atoms. The summed E-state index contributed by atoms with van der Waals surface area (Å²) in [4.78, 5) is 14.0. The number of benzene rings is 1. The molecule has 1 unspecified atom stereocenters. The van der Waals surface area contributed by atoms with Crippen LogP contribution in [0, 0.1) is 5.82 Å². The molecule has 0 radical (unpaired) electrons. The zero-order valence-electron chi connectivity index (χ0n) is 11.8. The summed E-state index contributed by atoms with van der Waals surface area (Å²) in [6.45, 7) is 3.50. The lowest BCUT2D eigenvalue weighted by Crippen LogP contribution is -2.43. The van der Waals surface area contributed by atoms with E-state index in [1.165, 1.54) is 18.6 Å². The number of piperidine rings is 1. The van der Waals surface area contributed by atoms with Crippen molar-refractivity contribution < 1.29 is 13.9 Å². The van der Waals surface area contributed by atoms with Crippen molar-refractivity contribution in [3.05, 3.63) is 29.6 Å². The Morgan fingerprint density at radius 3 is 2.70 bits per heavy atom. The van der Waals surface area contributed by atoms with Crippen molar-refractivity contribution in [2.45, 2.75) is 38.8 Å². The third-order valence-electron chi connectivity index (χ3n) is 3.50. The number of rotatable bonds is 4. The Labute approximate surface area is 118 Å². The van der Waals surface area contributed by atoms with Crippen molar-refractivity contribution in [2.24, 2.45) is 5.73 Å². The fourth-order valence-corrected chi connectivity index (χ4v) is 2.43. The Bertz CT molecular complexity index is 473. The summed E-state index contributed by atoms with van der Waals surface area (Å²) in [6.07, 6.45) is 2.63. The Balaban J connectivity index is 2.01. The summed E-state index contributed by atoms with van der Waals surface area (Å²) in [5.41, 5.74) is 6.15. The molecule has 1 aromatic rings. The topological polar surface area (TPSA) is 55.6 Å². The average Bonchev–Trinajstić information content (AvgIpc) is 2.46. The van der Waals surface area contributed by atoms with Crippen LogP contribution in [0.2, 0.25) is 0 Å². The molecule has 1 heterocycles. The van der Waals surface area contributed by atoms with Crippen LogP contribution in [0.25, 0.3) is 0 Å². The van der Waals surface area contributed by atoms with E-state index in [4.69, 9.17) is 10.5 Å². The van der Waals surface area contributed by atoms with Crippen LogP contribution < -0.4 is 10.5 Å². The van der Waals surface area contributed by atoms with E-state index in [9.17, 15) is 9.18 Å². The second-order valence-corrected chi connectivity index (χ2v) is 5.15. The number of nitrogens with two attached hydrogens (primary N) is 1. The van der Waals surface area contributed by atoms with Gasteiger partial charge in [-0.2, -0.15) is 0 Å². The summed E-state index contributed by atoms with van der Waals surface area (Å²) >= 11 is 0. The number of hydrogen-bond acceptors (Lipinski definition) is 3. The quantitative estimate of drug-likeness (QED) is 0.918. The fraction of sp³-hybridized carbons (Fsp3) is 0.533. The van der Waals surface area contributed by atoms with Gasteiger partial charge in [-0.05, 0) is 43.9 Å². The van der Waals surface area contributed by atoms with E-state index in [0.717, 1.165) is 25.9 Å². The Kier molecular flexibility index (Phi) is 4.95. The number of nitrogens with zero attached hydrogens (tertiary/aromatic N) is 1. The van der Waals surface area contributed by atoms with E-state index < -0.39 is 11.9 Å². The smallest absolute Gasteiger partial charge is 0.263 e. The predicted octanol–water partition coefficient (Wildman–Crippen LogP) is 2.06. The molecular weight excluding hydrogens is 259 g/mol. The van der Waals surface area contributed by atoms with Gasteiger partial charge in [0.2, 0.25) is 0 Å². The summed E-state index contributed by atoms with van der Waals surface area (Å²) in [7, 11) is 0. The van der Waals surface area contributed by atoms with Crippen LogP contribution in [-0.2, 0) is 11.3 Å². The first-order valence-electron chi connectivity index (χ1n) is 7.05.